The Balaban J connectivity index is 2.09. The summed E-state index contributed by atoms with van der Waals surface area (Å²) in [5, 5.41) is 10.7. The Bertz CT molecular complexity index is 1030. The van der Waals surface area contributed by atoms with E-state index in [2.05, 4.69) is 9.97 Å². The molecule has 0 radical (unpaired) electrons. The molecule has 5 nitrogen and oxygen atoms in total. The van der Waals surface area contributed by atoms with Gasteiger partial charge in [0.1, 0.15) is 11.5 Å². The number of aromatic nitrogens is 3. The van der Waals surface area contributed by atoms with E-state index in [9.17, 15) is 5.11 Å². The van der Waals surface area contributed by atoms with Crippen LogP contribution < -0.4 is 4.74 Å². The maximum absolute atomic E-state index is 10.7. The van der Waals surface area contributed by atoms with Crippen LogP contribution in [0.3, 0.4) is 0 Å². The maximum Gasteiger partial charge on any atom is 0.234 e. The highest BCUT2D eigenvalue weighted by Gasteiger charge is 2.19. The smallest absolute Gasteiger partial charge is 0.234 e. The quantitative estimate of drug-likeness (QED) is 0.614. The van der Waals surface area contributed by atoms with Crippen molar-refractivity contribution in [2.24, 2.45) is 0 Å². The fourth-order valence-electron chi connectivity index (χ4n) is 3.12. The first-order valence-electron chi connectivity index (χ1n) is 7.94. The van der Waals surface area contributed by atoms with Gasteiger partial charge in [0.25, 0.3) is 0 Å². The third-order valence-corrected chi connectivity index (χ3v) is 4.27. The molecule has 124 valence electrons. The lowest BCUT2D eigenvalue weighted by Gasteiger charge is -2.16. The second kappa shape index (κ2) is 5.94. The lowest BCUT2D eigenvalue weighted by molar-refractivity contribution is 0.407. The van der Waals surface area contributed by atoms with Gasteiger partial charge in [0.15, 0.2) is 0 Å². The van der Waals surface area contributed by atoms with Crippen molar-refractivity contribution in [2.45, 2.75) is 6.92 Å². The number of ether oxygens (including phenoxy) is 1. The van der Waals surface area contributed by atoms with Crippen LogP contribution in [0.15, 0.2) is 61.1 Å². The van der Waals surface area contributed by atoms with Gasteiger partial charge in [-0.15, -0.1) is 0 Å². The van der Waals surface area contributed by atoms with Gasteiger partial charge in [0.05, 0.1) is 12.8 Å². The van der Waals surface area contributed by atoms with Crippen molar-refractivity contribution in [1.29, 1.82) is 0 Å². The van der Waals surface area contributed by atoms with E-state index in [-0.39, 0.29) is 5.75 Å². The van der Waals surface area contributed by atoms with Crippen LogP contribution in [-0.2, 0) is 0 Å². The number of imidazole rings is 1. The number of phenolic OH excluding ortho intramolecular Hbond substituents is 1. The molecule has 4 rings (SSSR count). The molecule has 0 unspecified atom stereocenters. The number of hydrogen-bond acceptors (Lipinski definition) is 4. The Hall–Kier alpha value is -3.34. The van der Waals surface area contributed by atoms with Crippen molar-refractivity contribution in [2.75, 3.05) is 7.11 Å². The van der Waals surface area contributed by atoms with Crippen molar-refractivity contribution in [3.8, 4) is 33.9 Å². The topological polar surface area (TPSA) is 59.7 Å². The summed E-state index contributed by atoms with van der Waals surface area (Å²) in [6, 6.07) is 13.5. The second-order valence-electron chi connectivity index (χ2n) is 5.82. The average Bonchev–Trinajstić information content (AvgIpc) is 3.10. The Kier molecular flexibility index (Phi) is 3.61. The minimum absolute atomic E-state index is 0.162. The zero-order valence-electron chi connectivity index (χ0n) is 14.0. The number of phenols is 1. The van der Waals surface area contributed by atoms with Crippen LogP contribution in [0.5, 0.6) is 11.5 Å². The predicted molar refractivity (Wildman–Crippen MR) is 96.8 cm³/mol. The molecule has 4 aromatic rings. The number of methoxy groups -OCH3 is 1. The minimum Gasteiger partial charge on any atom is -0.507 e. The average molecular weight is 331 g/mol. The monoisotopic (exact) mass is 331 g/mol. The summed E-state index contributed by atoms with van der Waals surface area (Å²) in [5.41, 5.74) is 4.46. The molecule has 2 heterocycles. The number of aryl methyl sites for hydroxylation is 1. The molecule has 0 spiro atoms. The van der Waals surface area contributed by atoms with Gasteiger partial charge in [0.2, 0.25) is 5.78 Å². The van der Waals surface area contributed by atoms with Crippen LogP contribution in [0.25, 0.3) is 28.2 Å². The molecule has 0 aliphatic carbocycles. The first kappa shape index (κ1) is 15.2. The SMILES string of the molecule is COc1cc(C)c(-c2c(-c3ccccc3)cnc3nccn23)c(O)c1. The molecule has 0 saturated carbocycles. The zero-order chi connectivity index (χ0) is 17.4. The number of aromatic hydroxyl groups is 1. The van der Waals surface area contributed by atoms with Crippen molar-refractivity contribution in [3.05, 3.63) is 66.6 Å². The zero-order valence-corrected chi connectivity index (χ0v) is 14.0. The molecular formula is C20H17N3O2. The summed E-state index contributed by atoms with van der Waals surface area (Å²) >= 11 is 0. The van der Waals surface area contributed by atoms with Crippen molar-refractivity contribution in [3.63, 3.8) is 0 Å². The molecule has 2 aromatic carbocycles. The number of rotatable bonds is 3. The van der Waals surface area contributed by atoms with Gasteiger partial charge in [0, 0.05) is 35.8 Å². The molecule has 0 atom stereocenters. The van der Waals surface area contributed by atoms with Gasteiger partial charge in [-0.1, -0.05) is 30.3 Å². The molecule has 0 bridgehead atoms. The second-order valence-corrected chi connectivity index (χ2v) is 5.82. The Labute approximate surface area is 145 Å². The lowest BCUT2D eigenvalue weighted by Crippen LogP contribution is -2.00. The number of benzene rings is 2. The fraction of sp³-hybridized carbons (Fsp3) is 0.100. The first-order valence-corrected chi connectivity index (χ1v) is 7.94. The number of fused-ring (bicyclic) bond motifs is 1. The largest absolute Gasteiger partial charge is 0.507 e. The van der Waals surface area contributed by atoms with Crippen LogP contribution in [0.1, 0.15) is 5.56 Å². The van der Waals surface area contributed by atoms with Crippen LogP contribution >= 0.6 is 0 Å². The normalized spacial score (nSPS) is 11.0. The highest BCUT2D eigenvalue weighted by molar-refractivity contribution is 5.86. The Morgan fingerprint density at radius 2 is 1.88 bits per heavy atom. The van der Waals surface area contributed by atoms with Gasteiger partial charge in [-0.3, -0.25) is 4.40 Å². The fourth-order valence-corrected chi connectivity index (χ4v) is 3.12. The molecule has 0 amide bonds. The van der Waals surface area contributed by atoms with Crippen molar-refractivity contribution in [1.82, 2.24) is 14.4 Å². The van der Waals surface area contributed by atoms with E-state index in [0.29, 0.717) is 11.5 Å². The van der Waals surface area contributed by atoms with Crippen LogP contribution in [0, 0.1) is 6.92 Å². The van der Waals surface area contributed by atoms with Crippen molar-refractivity contribution >= 4 is 5.78 Å². The standard InChI is InChI=1S/C20H17N3O2/c1-13-10-15(25-2)11-17(24)18(13)19-16(14-6-4-3-5-7-14)12-22-20-21-8-9-23(19)20/h3-12,24H,1-2H3. The Morgan fingerprint density at radius 3 is 2.60 bits per heavy atom. The molecule has 0 fully saturated rings. The highest BCUT2D eigenvalue weighted by atomic mass is 16.5. The summed E-state index contributed by atoms with van der Waals surface area (Å²) in [6.45, 7) is 1.95. The van der Waals surface area contributed by atoms with Gasteiger partial charge < -0.3 is 9.84 Å². The van der Waals surface area contributed by atoms with E-state index >= 15 is 0 Å². The number of nitrogens with zero attached hydrogens (tertiary/aromatic N) is 3. The van der Waals surface area contributed by atoms with E-state index in [4.69, 9.17) is 4.74 Å². The lowest BCUT2D eigenvalue weighted by atomic mass is 9.96. The van der Waals surface area contributed by atoms with Crippen LogP contribution in [0.4, 0.5) is 0 Å². The predicted octanol–water partition coefficient (Wildman–Crippen LogP) is 4.09. The summed E-state index contributed by atoms with van der Waals surface area (Å²) < 4.78 is 7.16. The molecule has 1 N–H and O–H groups in total. The van der Waals surface area contributed by atoms with Crippen molar-refractivity contribution < 1.29 is 9.84 Å². The molecule has 0 aliphatic rings. The van der Waals surface area contributed by atoms with E-state index in [0.717, 1.165) is 27.9 Å². The van der Waals surface area contributed by atoms with Gasteiger partial charge in [-0.2, -0.15) is 0 Å². The summed E-state index contributed by atoms with van der Waals surface area (Å²) in [6.07, 6.45) is 5.36. The van der Waals surface area contributed by atoms with Gasteiger partial charge in [-0.05, 0) is 24.1 Å². The van der Waals surface area contributed by atoms with E-state index in [1.807, 2.05) is 53.9 Å². The molecule has 0 saturated heterocycles. The summed E-state index contributed by atoms with van der Waals surface area (Å²) in [7, 11) is 1.59. The van der Waals surface area contributed by atoms with Crippen LogP contribution in [0.2, 0.25) is 0 Å². The van der Waals surface area contributed by atoms with Gasteiger partial charge >= 0.3 is 0 Å². The highest BCUT2D eigenvalue weighted by Crippen LogP contribution is 2.40. The molecule has 2 aromatic heterocycles. The number of hydrogen-bond donors (Lipinski definition) is 1. The van der Waals surface area contributed by atoms with E-state index < -0.39 is 0 Å². The first-order chi connectivity index (χ1) is 12.2. The Morgan fingerprint density at radius 1 is 1.08 bits per heavy atom. The third kappa shape index (κ3) is 2.50. The summed E-state index contributed by atoms with van der Waals surface area (Å²) in [5.74, 6) is 1.37. The van der Waals surface area contributed by atoms with E-state index in [1.54, 1.807) is 25.6 Å². The molecule has 0 aliphatic heterocycles. The molecule has 5 heteroatoms. The molecular weight excluding hydrogens is 314 g/mol. The van der Waals surface area contributed by atoms with Gasteiger partial charge in [-0.25, -0.2) is 9.97 Å². The van der Waals surface area contributed by atoms with Crippen LogP contribution in [-0.4, -0.2) is 26.6 Å². The summed E-state index contributed by atoms with van der Waals surface area (Å²) in [4.78, 5) is 8.72. The minimum atomic E-state index is 0.162. The third-order valence-electron chi connectivity index (χ3n) is 4.27. The molecule has 25 heavy (non-hydrogen) atoms. The van der Waals surface area contributed by atoms with E-state index in [1.165, 1.54) is 0 Å². The maximum atomic E-state index is 10.7.